The number of carboxylic acid groups (broad SMARTS) is 2. The van der Waals surface area contributed by atoms with Crippen LogP contribution in [-0.2, 0) is 19.2 Å². The van der Waals surface area contributed by atoms with Crippen molar-refractivity contribution in [2.45, 2.75) is 18.9 Å². The molecule has 0 saturated heterocycles. The van der Waals surface area contributed by atoms with Crippen LogP contribution in [-0.4, -0.2) is 39.8 Å². The Hall–Kier alpha value is -1.76. The minimum atomic E-state index is -1.66. The fourth-order valence-corrected chi connectivity index (χ4v) is 0.698. The molecular formula is C7H9NO6. The minimum Gasteiger partial charge on any atom is -0.481 e. The number of aliphatic carboxylic acids is 2. The molecule has 14 heavy (non-hydrogen) atoms. The van der Waals surface area contributed by atoms with Gasteiger partial charge in [0.1, 0.15) is 18.9 Å². The number of carboxylic acids is 2. The molecule has 0 unspecified atom stereocenters. The van der Waals surface area contributed by atoms with Gasteiger partial charge in [-0.25, -0.2) is 0 Å². The van der Waals surface area contributed by atoms with Crippen molar-refractivity contribution >= 4 is 23.5 Å². The lowest BCUT2D eigenvalue weighted by atomic mass is 10.0. The molecule has 0 radical (unpaired) electrons. The number of hydrogen-bond acceptors (Lipinski definition) is 5. The summed E-state index contributed by atoms with van der Waals surface area (Å²) in [5.74, 6) is -4.81. The van der Waals surface area contributed by atoms with E-state index in [-0.39, 0.29) is 0 Å². The lowest BCUT2D eigenvalue weighted by molar-refractivity contribution is -0.141. The van der Waals surface area contributed by atoms with Crippen molar-refractivity contribution in [1.82, 2.24) is 0 Å². The van der Waals surface area contributed by atoms with Crippen molar-refractivity contribution in [1.29, 1.82) is 0 Å². The van der Waals surface area contributed by atoms with Crippen LogP contribution >= 0.6 is 0 Å². The van der Waals surface area contributed by atoms with Gasteiger partial charge in [-0.3, -0.25) is 19.2 Å². The van der Waals surface area contributed by atoms with Crippen LogP contribution in [0.15, 0.2) is 0 Å². The highest BCUT2D eigenvalue weighted by atomic mass is 16.4. The normalized spacial score (nSPS) is 9.86. The zero-order valence-corrected chi connectivity index (χ0v) is 7.10. The van der Waals surface area contributed by atoms with E-state index in [1.807, 2.05) is 0 Å². The number of carbonyl (C=O) groups excluding carboxylic acids is 2. The number of nitrogens with two attached hydrogens (primary N) is 1. The molecule has 0 bridgehead atoms. The van der Waals surface area contributed by atoms with E-state index < -0.39 is 42.4 Å². The molecule has 7 heteroatoms. The second kappa shape index (κ2) is 5.07. The Morgan fingerprint density at radius 1 is 0.929 bits per heavy atom. The molecule has 0 atom stereocenters. The Labute approximate surface area is 78.5 Å². The van der Waals surface area contributed by atoms with Crippen LogP contribution in [0.4, 0.5) is 0 Å². The standard InChI is InChI=1S/C7H9NO6/c8-7(3(9)1-5(11)12)4(10)2-6(13)14/h7H,1-2,8H2,(H,11,12)(H,13,14). The van der Waals surface area contributed by atoms with E-state index in [4.69, 9.17) is 15.9 Å². The van der Waals surface area contributed by atoms with Gasteiger partial charge in [0.2, 0.25) is 0 Å². The molecule has 0 rings (SSSR count). The summed E-state index contributed by atoms with van der Waals surface area (Å²) in [5, 5.41) is 16.4. The van der Waals surface area contributed by atoms with Crippen LogP contribution in [0.1, 0.15) is 12.8 Å². The van der Waals surface area contributed by atoms with Crippen molar-refractivity contribution in [2.24, 2.45) is 5.73 Å². The molecular weight excluding hydrogens is 194 g/mol. The van der Waals surface area contributed by atoms with E-state index in [9.17, 15) is 19.2 Å². The zero-order valence-electron chi connectivity index (χ0n) is 7.10. The largest absolute Gasteiger partial charge is 0.481 e. The van der Waals surface area contributed by atoms with Gasteiger partial charge in [0.15, 0.2) is 11.6 Å². The molecule has 0 saturated carbocycles. The average Bonchev–Trinajstić information content (AvgIpc) is 2.00. The van der Waals surface area contributed by atoms with Crippen LogP contribution < -0.4 is 5.73 Å². The first kappa shape index (κ1) is 12.2. The Morgan fingerprint density at radius 3 is 1.43 bits per heavy atom. The second-order valence-corrected chi connectivity index (χ2v) is 2.55. The van der Waals surface area contributed by atoms with Gasteiger partial charge < -0.3 is 15.9 Å². The Balaban J connectivity index is 4.24. The SMILES string of the molecule is NC(C(=O)CC(=O)O)C(=O)CC(=O)O. The van der Waals surface area contributed by atoms with Crippen molar-refractivity contribution in [3.8, 4) is 0 Å². The highest BCUT2D eigenvalue weighted by Crippen LogP contribution is 1.95. The van der Waals surface area contributed by atoms with Crippen molar-refractivity contribution < 1.29 is 29.4 Å². The van der Waals surface area contributed by atoms with Gasteiger partial charge in [-0.2, -0.15) is 0 Å². The first-order valence-electron chi connectivity index (χ1n) is 3.59. The Bertz CT molecular complexity index is 256. The van der Waals surface area contributed by atoms with E-state index in [2.05, 4.69) is 0 Å². The van der Waals surface area contributed by atoms with Gasteiger partial charge in [0.05, 0.1) is 0 Å². The minimum absolute atomic E-state index is 0.882. The summed E-state index contributed by atoms with van der Waals surface area (Å²) >= 11 is 0. The molecule has 0 aliphatic rings. The third kappa shape index (κ3) is 4.31. The number of ketones is 2. The molecule has 0 aromatic carbocycles. The molecule has 7 nitrogen and oxygen atoms in total. The highest BCUT2D eigenvalue weighted by Gasteiger charge is 2.25. The van der Waals surface area contributed by atoms with Gasteiger partial charge in [-0.05, 0) is 0 Å². The highest BCUT2D eigenvalue weighted by molar-refractivity contribution is 6.14. The number of rotatable bonds is 6. The quantitative estimate of drug-likeness (QED) is 0.442. The summed E-state index contributed by atoms with van der Waals surface area (Å²) in [5.41, 5.74) is 5.03. The van der Waals surface area contributed by atoms with Crippen LogP contribution in [0, 0.1) is 0 Å². The van der Waals surface area contributed by atoms with E-state index in [0.717, 1.165) is 0 Å². The molecule has 0 heterocycles. The van der Waals surface area contributed by atoms with E-state index in [1.54, 1.807) is 0 Å². The molecule has 4 N–H and O–H groups in total. The fourth-order valence-electron chi connectivity index (χ4n) is 0.698. The van der Waals surface area contributed by atoms with Gasteiger partial charge in [-0.15, -0.1) is 0 Å². The van der Waals surface area contributed by atoms with E-state index in [0.29, 0.717) is 0 Å². The monoisotopic (exact) mass is 203 g/mol. The summed E-state index contributed by atoms with van der Waals surface area (Å²) in [6.07, 6.45) is -1.76. The fraction of sp³-hybridized carbons (Fsp3) is 0.429. The van der Waals surface area contributed by atoms with Gasteiger partial charge in [0, 0.05) is 0 Å². The van der Waals surface area contributed by atoms with E-state index >= 15 is 0 Å². The van der Waals surface area contributed by atoms with Crippen molar-refractivity contribution in [3.05, 3.63) is 0 Å². The topological polar surface area (TPSA) is 135 Å². The summed E-state index contributed by atoms with van der Waals surface area (Å²) < 4.78 is 0. The Kier molecular flexibility index (Phi) is 4.44. The van der Waals surface area contributed by atoms with Gasteiger partial charge in [0.25, 0.3) is 0 Å². The molecule has 0 aromatic heterocycles. The second-order valence-electron chi connectivity index (χ2n) is 2.55. The van der Waals surface area contributed by atoms with Crippen LogP contribution in [0.3, 0.4) is 0 Å². The van der Waals surface area contributed by atoms with Crippen LogP contribution in [0.5, 0.6) is 0 Å². The van der Waals surface area contributed by atoms with Crippen LogP contribution in [0.2, 0.25) is 0 Å². The first-order valence-corrected chi connectivity index (χ1v) is 3.59. The van der Waals surface area contributed by atoms with E-state index in [1.165, 1.54) is 0 Å². The summed E-state index contributed by atoms with van der Waals surface area (Å²) in [6.45, 7) is 0. The molecule has 78 valence electrons. The maximum Gasteiger partial charge on any atom is 0.310 e. The third-order valence-electron chi connectivity index (χ3n) is 1.34. The molecule has 0 fully saturated rings. The molecule has 0 aromatic rings. The molecule has 0 amide bonds. The van der Waals surface area contributed by atoms with Crippen LogP contribution in [0.25, 0.3) is 0 Å². The third-order valence-corrected chi connectivity index (χ3v) is 1.34. The van der Waals surface area contributed by atoms with Gasteiger partial charge in [-0.1, -0.05) is 0 Å². The molecule has 0 aliphatic carbocycles. The first-order chi connectivity index (χ1) is 6.34. The molecule has 0 aliphatic heterocycles. The summed E-state index contributed by atoms with van der Waals surface area (Å²) in [4.78, 5) is 41.8. The predicted octanol–water partition coefficient (Wildman–Crippen LogP) is -1.60. The molecule has 0 spiro atoms. The van der Waals surface area contributed by atoms with Crippen molar-refractivity contribution in [3.63, 3.8) is 0 Å². The lowest BCUT2D eigenvalue weighted by Crippen LogP contribution is -2.40. The maximum absolute atomic E-state index is 10.9. The lowest BCUT2D eigenvalue weighted by Gasteiger charge is -2.05. The smallest absolute Gasteiger partial charge is 0.310 e. The number of hydrogen-bond donors (Lipinski definition) is 3. The predicted molar refractivity (Wildman–Crippen MR) is 42.5 cm³/mol. The maximum atomic E-state index is 10.9. The van der Waals surface area contributed by atoms with Gasteiger partial charge >= 0.3 is 11.9 Å². The summed E-state index contributed by atoms with van der Waals surface area (Å²) in [7, 11) is 0. The summed E-state index contributed by atoms with van der Waals surface area (Å²) in [6, 6.07) is -1.66. The Morgan fingerprint density at radius 2 is 1.21 bits per heavy atom. The average molecular weight is 203 g/mol. The number of carbonyl (C=O) groups is 4. The van der Waals surface area contributed by atoms with Crippen molar-refractivity contribution in [2.75, 3.05) is 0 Å². The number of Topliss-reactive ketones (excluding diaryl/α,β-unsaturated/α-hetero) is 2. The zero-order chi connectivity index (χ0) is 11.3.